The maximum Gasteiger partial charge on any atom is 0.244 e. The molecule has 2 aliphatic heterocycles. The number of ether oxygens (including phenoxy) is 1. The van der Waals surface area contributed by atoms with Crippen LogP contribution in [-0.2, 0) is 16.0 Å². The predicted molar refractivity (Wildman–Crippen MR) is 79.0 cm³/mol. The summed E-state index contributed by atoms with van der Waals surface area (Å²) in [4.78, 5) is 17.0. The molecule has 2 heterocycles. The molecule has 1 aromatic rings. The summed E-state index contributed by atoms with van der Waals surface area (Å²) < 4.78 is 5.36. The number of rotatable bonds is 2. The molecule has 1 amide bonds. The molecule has 1 unspecified atom stereocenters. The van der Waals surface area contributed by atoms with Gasteiger partial charge in [-0.15, -0.1) is 0 Å². The van der Waals surface area contributed by atoms with Gasteiger partial charge in [-0.25, -0.2) is 0 Å². The zero-order valence-corrected chi connectivity index (χ0v) is 12.0. The van der Waals surface area contributed by atoms with Gasteiger partial charge in [0.1, 0.15) is 0 Å². The molecule has 1 saturated heterocycles. The van der Waals surface area contributed by atoms with Gasteiger partial charge >= 0.3 is 0 Å². The lowest BCUT2D eigenvalue weighted by molar-refractivity contribution is -0.125. The molecule has 1 aromatic carbocycles. The van der Waals surface area contributed by atoms with Crippen molar-refractivity contribution in [2.24, 2.45) is 0 Å². The number of nitrogens with zero attached hydrogens (tertiary/aromatic N) is 2. The number of fused-ring (bicyclic) bond motifs is 1. The Morgan fingerprint density at radius 3 is 2.75 bits per heavy atom. The molecule has 1 fully saturated rings. The van der Waals surface area contributed by atoms with Crippen molar-refractivity contribution in [2.45, 2.75) is 25.8 Å². The Kier molecular flexibility index (Phi) is 4.03. The summed E-state index contributed by atoms with van der Waals surface area (Å²) in [5, 5.41) is 0. The second-order valence-electron chi connectivity index (χ2n) is 5.55. The van der Waals surface area contributed by atoms with E-state index < -0.39 is 0 Å². The molecule has 20 heavy (non-hydrogen) atoms. The summed E-state index contributed by atoms with van der Waals surface area (Å²) in [5.41, 5.74) is 2.39. The number of hydrogen-bond donors (Lipinski definition) is 0. The first-order valence-corrected chi connectivity index (χ1v) is 7.48. The van der Waals surface area contributed by atoms with E-state index in [1.807, 2.05) is 17.9 Å². The molecule has 108 valence electrons. The number of carbonyl (C=O) groups is 1. The first kappa shape index (κ1) is 13.6. The third-order valence-corrected chi connectivity index (χ3v) is 4.33. The first-order valence-electron chi connectivity index (χ1n) is 7.48. The van der Waals surface area contributed by atoms with Crippen molar-refractivity contribution in [1.82, 2.24) is 4.90 Å². The molecule has 0 saturated carbocycles. The highest BCUT2D eigenvalue weighted by molar-refractivity contribution is 5.98. The average molecular weight is 274 g/mol. The van der Waals surface area contributed by atoms with Gasteiger partial charge in [-0.05, 0) is 31.4 Å². The van der Waals surface area contributed by atoms with Crippen molar-refractivity contribution in [3.05, 3.63) is 29.8 Å². The second kappa shape index (κ2) is 5.94. The Hall–Kier alpha value is -1.39. The van der Waals surface area contributed by atoms with Gasteiger partial charge in [-0.2, -0.15) is 0 Å². The predicted octanol–water partition coefficient (Wildman–Crippen LogP) is 1.69. The summed E-state index contributed by atoms with van der Waals surface area (Å²) in [6.07, 6.45) is 2.13. The standard InChI is InChI=1S/C16H22N2O2/c1-13(17-9-11-20-12-10-17)16(19)18-8-4-6-14-5-2-3-7-15(14)18/h2-3,5,7,13H,4,6,8-12H2,1H3. The number of aryl methyl sites for hydroxylation is 1. The molecule has 0 bridgehead atoms. The maximum atomic E-state index is 12.8. The summed E-state index contributed by atoms with van der Waals surface area (Å²) >= 11 is 0. The van der Waals surface area contributed by atoms with Gasteiger partial charge in [-0.3, -0.25) is 9.69 Å². The Labute approximate surface area is 120 Å². The first-order chi connectivity index (χ1) is 9.77. The van der Waals surface area contributed by atoms with Crippen molar-refractivity contribution in [3.63, 3.8) is 0 Å². The quantitative estimate of drug-likeness (QED) is 0.822. The Bertz CT molecular complexity index is 483. The summed E-state index contributed by atoms with van der Waals surface area (Å²) in [6.45, 7) is 6.02. The molecule has 0 N–H and O–H groups in total. The lowest BCUT2D eigenvalue weighted by Gasteiger charge is -2.36. The monoisotopic (exact) mass is 274 g/mol. The molecule has 0 aromatic heterocycles. The summed E-state index contributed by atoms with van der Waals surface area (Å²) in [6, 6.07) is 8.21. The van der Waals surface area contributed by atoms with Gasteiger partial charge in [0.15, 0.2) is 0 Å². The molecule has 0 radical (unpaired) electrons. The molecule has 0 spiro atoms. The molecule has 1 atom stereocenters. The third-order valence-electron chi connectivity index (χ3n) is 4.33. The van der Waals surface area contributed by atoms with Crippen LogP contribution in [0.5, 0.6) is 0 Å². The van der Waals surface area contributed by atoms with Crippen molar-refractivity contribution >= 4 is 11.6 Å². The fourth-order valence-corrected chi connectivity index (χ4v) is 3.11. The van der Waals surface area contributed by atoms with Crippen molar-refractivity contribution < 1.29 is 9.53 Å². The lowest BCUT2D eigenvalue weighted by Crippen LogP contribution is -2.52. The van der Waals surface area contributed by atoms with Crippen molar-refractivity contribution in [3.8, 4) is 0 Å². The van der Waals surface area contributed by atoms with Crippen LogP contribution in [0.1, 0.15) is 18.9 Å². The van der Waals surface area contributed by atoms with E-state index in [9.17, 15) is 4.79 Å². The zero-order chi connectivity index (χ0) is 13.9. The molecular weight excluding hydrogens is 252 g/mol. The number of amides is 1. The Balaban J connectivity index is 1.77. The SMILES string of the molecule is CC(C(=O)N1CCCc2ccccc21)N1CCOCC1. The molecule has 2 aliphatic rings. The summed E-state index contributed by atoms with van der Waals surface area (Å²) in [7, 11) is 0. The molecular formula is C16H22N2O2. The molecule has 3 rings (SSSR count). The van der Waals surface area contributed by atoms with Crippen LogP contribution in [0.3, 0.4) is 0 Å². The zero-order valence-electron chi connectivity index (χ0n) is 12.0. The Morgan fingerprint density at radius 1 is 1.20 bits per heavy atom. The van der Waals surface area contributed by atoms with Gasteiger partial charge in [0.05, 0.1) is 19.3 Å². The van der Waals surface area contributed by atoms with E-state index in [0.29, 0.717) is 0 Å². The van der Waals surface area contributed by atoms with Crippen LogP contribution in [0.4, 0.5) is 5.69 Å². The van der Waals surface area contributed by atoms with E-state index in [2.05, 4.69) is 23.1 Å². The highest BCUT2D eigenvalue weighted by Gasteiger charge is 2.30. The number of para-hydroxylation sites is 1. The van der Waals surface area contributed by atoms with E-state index in [1.54, 1.807) is 0 Å². The number of morpholine rings is 1. The van der Waals surface area contributed by atoms with Crippen molar-refractivity contribution in [2.75, 3.05) is 37.7 Å². The average Bonchev–Trinajstić information content (AvgIpc) is 2.54. The number of anilines is 1. The van der Waals surface area contributed by atoms with Gasteiger partial charge in [0.25, 0.3) is 0 Å². The minimum Gasteiger partial charge on any atom is -0.379 e. The highest BCUT2D eigenvalue weighted by Crippen LogP contribution is 2.27. The normalized spacial score (nSPS) is 21.4. The maximum absolute atomic E-state index is 12.8. The third kappa shape index (κ3) is 2.58. The number of carbonyl (C=O) groups excluding carboxylic acids is 1. The second-order valence-corrected chi connectivity index (χ2v) is 5.55. The van der Waals surface area contributed by atoms with Crippen molar-refractivity contribution in [1.29, 1.82) is 0 Å². The van der Waals surface area contributed by atoms with E-state index >= 15 is 0 Å². The van der Waals surface area contributed by atoms with Crippen LogP contribution < -0.4 is 4.90 Å². The molecule has 4 nitrogen and oxygen atoms in total. The van der Waals surface area contributed by atoms with Crippen LogP contribution in [0, 0.1) is 0 Å². The van der Waals surface area contributed by atoms with Crippen LogP contribution in [-0.4, -0.2) is 49.7 Å². The number of benzene rings is 1. The fourth-order valence-electron chi connectivity index (χ4n) is 3.11. The van der Waals surface area contributed by atoms with E-state index in [1.165, 1.54) is 5.56 Å². The van der Waals surface area contributed by atoms with Crippen LogP contribution in [0.15, 0.2) is 24.3 Å². The van der Waals surface area contributed by atoms with E-state index in [0.717, 1.165) is 51.4 Å². The number of hydrogen-bond acceptors (Lipinski definition) is 3. The largest absolute Gasteiger partial charge is 0.379 e. The van der Waals surface area contributed by atoms with Gasteiger partial charge in [-0.1, -0.05) is 18.2 Å². The highest BCUT2D eigenvalue weighted by atomic mass is 16.5. The minimum atomic E-state index is -0.0648. The van der Waals surface area contributed by atoms with Gasteiger partial charge in [0.2, 0.25) is 5.91 Å². The van der Waals surface area contributed by atoms with Crippen LogP contribution in [0.25, 0.3) is 0 Å². The smallest absolute Gasteiger partial charge is 0.244 e. The molecule has 4 heteroatoms. The summed E-state index contributed by atoms with van der Waals surface area (Å²) in [5.74, 6) is 0.221. The lowest BCUT2D eigenvalue weighted by atomic mass is 10.0. The van der Waals surface area contributed by atoms with E-state index in [4.69, 9.17) is 4.74 Å². The van der Waals surface area contributed by atoms with Crippen LogP contribution >= 0.6 is 0 Å². The Morgan fingerprint density at radius 2 is 1.95 bits per heavy atom. The van der Waals surface area contributed by atoms with Crippen LogP contribution in [0.2, 0.25) is 0 Å². The van der Waals surface area contributed by atoms with Gasteiger partial charge in [0, 0.05) is 25.3 Å². The molecule has 0 aliphatic carbocycles. The minimum absolute atomic E-state index is 0.0648. The van der Waals surface area contributed by atoms with Gasteiger partial charge < -0.3 is 9.64 Å². The van der Waals surface area contributed by atoms with E-state index in [-0.39, 0.29) is 11.9 Å². The topological polar surface area (TPSA) is 32.8 Å². The fraction of sp³-hybridized carbons (Fsp3) is 0.562.